The van der Waals surface area contributed by atoms with E-state index in [1.54, 1.807) is 0 Å². The van der Waals surface area contributed by atoms with Crippen LogP contribution in [0.3, 0.4) is 0 Å². The molecule has 3 atom stereocenters. The number of fused-ring (bicyclic) bond motifs is 3. The number of hydrogen-bond donors (Lipinski definition) is 1. The van der Waals surface area contributed by atoms with Gasteiger partial charge in [0.25, 0.3) is 0 Å². The van der Waals surface area contributed by atoms with Gasteiger partial charge in [-0.15, -0.1) is 0 Å². The van der Waals surface area contributed by atoms with Crippen LogP contribution >= 0.6 is 0 Å². The minimum absolute atomic E-state index is 0.0657. The topological polar surface area (TPSA) is 103 Å². The van der Waals surface area contributed by atoms with Gasteiger partial charge in [-0.1, -0.05) is 0 Å². The molecule has 0 aromatic heterocycles. The number of carbonyl (C=O) groups is 3. The van der Waals surface area contributed by atoms with Gasteiger partial charge in [-0.2, -0.15) is 0 Å². The van der Waals surface area contributed by atoms with Crippen LogP contribution in [0.1, 0.15) is 67.2 Å². The fraction of sp³-hybridized carbons (Fsp3) is 0.889. The molecule has 2 heterocycles. The van der Waals surface area contributed by atoms with E-state index < -0.39 is 23.2 Å². The summed E-state index contributed by atoms with van der Waals surface area (Å²) < 4.78 is 11.2. The zero-order valence-corrected chi connectivity index (χ0v) is 24.0. The number of aliphatic carboxylic acids is 1. The van der Waals surface area contributed by atoms with Gasteiger partial charge in [0, 0.05) is 58.8 Å². The molecule has 2 bridgehead atoms. The lowest BCUT2D eigenvalue weighted by atomic mass is 10.1. The fourth-order valence-electron chi connectivity index (χ4n) is 4.85. The van der Waals surface area contributed by atoms with Gasteiger partial charge in [-0.3, -0.25) is 24.2 Å². The maximum atomic E-state index is 13.1. The Balaban J connectivity index is 2.08. The molecule has 0 spiro atoms. The van der Waals surface area contributed by atoms with E-state index in [1.807, 2.05) is 41.5 Å². The first-order valence-electron chi connectivity index (χ1n) is 13.8. The Morgan fingerprint density at radius 1 is 0.730 bits per heavy atom. The Morgan fingerprint density at radius 2 is 1.27 bits per heavy atom. The summed E-state index contributed by atoms with van der Waals surface area (Å²) >= 11 is 0. The van der Waals surface area contributed by atoms with Gasteiger partial charge in [0.2, 0.25) is 0 Å². The second kappa shape index (κ2) is 14.4. The first-order valence-corrected chi connectivity index (χ1v) is 13.8. The van der Waals surface area contributed by atoms with Crippen molar-refractivity contribution in [3.63, 3.8) is 0 Å². The highest BCUT2D eigenvalue weighted by atomic mass is 16.6. The molecule has 3 unspecified atom stereocenters. The summed E-state index contributed by atoms with van der Waals surface area (Å²) in [6, 6.07) is -0.567. The third kappa shape index (κ3) is 13.0. The molecule has 2 aliphatic rings. The summed E-state index contributed by atoms with van der Waals surface area (Å²) in [4.78, 5) is 46.0. The minimum atomic E-state index is -0.902. The van der Waals surface area contributed by atoms with E-state index in [1.165, 1.54) is 0 Å². The molecule has 0 amide bonds. The molecule has 0 saturated carbocycles. The number of carbonyl (C=O) groups excluding carboxylic acids is 2. The predicted octanol–water partition coefficient (Wildman–Crippen LogP) is 1.92. The Kier molecular flexibility index (Phi) is 12.3. The monoisotopic (exact) mass is 526 g/mol. The molecule has 2 rings (SSSR count). The number of carboxylic acid groups (broad SMARTS) is 1. The van der Waals surface area contributed by atoms with Gasteiger partial charge in [0.15, 0.2) is 0 Å². The molecule has 0 radical (unpaired) electrons. The normalized spacial score (nSPS) is 24.2. The maximum absolute atomic E-state index is 13.1. The van der Waals surface area contributed by atoms with Crippen molar-refractivity contribution in [1.29, 1.82) is 0 Å². The molecule has 0 aromatic rings. The van der Waals surface area contributed by atoms with E-state index in [0.717, 1.165) is 65.2 Å². The number of ether oxygens (including phenoxy) is 2. The zero-order valence-electron chi connectivity index (χ0n) is 24.0. The van der Waals surface area contributed by atoms with Crippen LogP contribution in [-0.4, -0.2) is 132 Å². The lowest BCUT2D eigenvalue weighted by Gasteiger charge is -2.38. The average molecular weight is 527 g/mol. The highest BCUT2D eigenvalue weighted by Crippen LogP contribution is 2.17. The van der Waals surface area contributed by atoms with E-state index >= 15 is 0 Å². The van der Waals surface area contributed by atoms with Gasteiger partial charge in [-0.25, -0.2) is 0 Å². The van der Waals surface area contributed by atoms with Gasteiger partial charge < -0.3 is 24.4 Å². The smallest absolute Gasteiger partial charge is 0.323 e. The predicted molar refractivity (Wildman–Crippen MR) is 142 cm³/mol. The minimum Gasteiger partial charge on any atom is -0.481 e. The van der Waals surface area contributed by atoms with Gasteiger partial charge in [0.1, 0.15) is 17.2 Å². The molecule has 1 N–H and O–H groups in total. The Labute approximate surface area is 223 Å². The Hall–Kier alpha value is -1.75. The van der Waals surface area contributed by atoms with Crippen LogP contribution in [0.25, 0.3) is 0 Å². The molecule has 2 saturated heterocycles. The summed E-state index contributed by atoms with van der Waals surface area (Å²) in [5, 5.41) is 9.28. The Morgan fingerprint density at radius 3 is 1.84 bits per heavy atom. The third-order valence-electron chi connectivity index (χ3n) is 6.56. The standard InChI is InChI=1S/C27H50N4O6/c1-26(2,3)36-24(34)21-30-13-7-11-29-16-15-28(17-18-30)12-8-14-31(20-19-29)22(9-10-23(32)33)25(35)37-27(4,5)6/h22H,7-21H2,1-6H3,(H,32,33). The van der Waals surface area contributed by atoms with Crippen LogP contribution in [0.4, 0.5) is 0 Å². The van der Waals surface area contributed by atoms with E-state index in [4.69, 9.17) is 9.47 Å². The SMILES string of the molecule is CC(C)(C)OC(=O)CN1CCCN2CCN(CCCN(C(CCC(=O)O)C(=O)OC(C)(C)C)CC2)CC1. The average Bonchev–Trinajstić information content (AvgIpc) is 2.74. The molecule has 0 aliphatic carbocycles. The lowest BCUT2D eigenvalue weighted by Crippen LogP contribution is -2.51. The third-order valence-corrected chi connectivity index (χ3v) is 6.56. The van der Waals surface area contributed by atoms with Crippen molar-refractivity contribution in [3.05, 3.63) is 0 Å². The second-order valence-corrected chi connectivity index (χ2v) is 12.3. The lowest BCUT2D eigenvalue weighted by molar-refractivity contribution is -0.162. The summed E-state index contributed by atoms with van der Waals surface area (Å²) in [5.41, 5.74) is -1.11. The number of carboxylic acids is 1. The van der Waals surface area contributed by atoms with E-state index in [0.29, 0.717) is 19.6 Å². The number of rotatable bonds is 7. The summed E-state index contributed by atoms with van der Waals surface area (Å²) in [7, 11) is 0. The number of hydrogen-bond acceptors (Lipinski definition) is 9. The zero-order chi connectivity index (χ0) is 27.6. The van der Waals surface area contributed by atoms with Crippen LogP contribution in [-0.2, 0) is 23.9 Å². The van der Waals surface area contributed by atoms with Crippen molar-refractivity contribution in [2.45, 2.75) is 84.5 Å². The number of esters is 2. The Bertz CT molecular complexity index is 748. The molecule has 10 nitrogen and oxygen atoms in total. The van der Waals surface area contributed by atoms with E-state index in [9.17, 15) is 19.5 Å². The van der Waals surface area contributed by atoms with Crippen molar-refractivity contribution in [2.24, 2.45) is 0 Å². The maximum Gasteiger partial charge on any atom is 0.323 e. The number of nitrogens with zero attached hydrogens (tertiary/aromatic N) is 4. The summed E-state index contributed by atoms with van der Waals surface area (Å²) in [6.45, 7) is 19.9. The highest BCUT2D eigenvalue weighted by molar-refractivity contribution is 5.77. The van der Waals surface area contributed by atoms with Crippen molar-refractivity contribution in [3.8, 4) is 0 Å². The molecule has 2 aliphatic heterocycles. The van der Waals surface area contributed by atoms with Crippen LogP contribution < -0.4 is 0 Å². The molecule has 214 valence electrons. The van der Waals surface area contributed by atoms with Gasteiger partial charge in [-0.05, 0) is 73.9 Å². The van der Waals surface area contributed by atoms with Crippen LogP contribution in [0.5, 0.6) is 0 Å². The molecule has 10 heteroatoms. The van der Waals surface area contributed by atoms with Gasteiger partial charge in [0.05, 0.1) is 6.54 Å². The van der Waals surface area contributed by atoms with Crippen molar-refractivity contribution in [2.75, 3.05) is 72.0 Å². The molecular weight excluding hydrogens is 476 g/mol. The second-order valence-electron chi connectivity index (χ2n) is 12.3. The van der Waals surface area contributed by atoms with Crippen molar-refractivity contribution >= 4 is 17.9 Å². The highest BCUT2D eigenvalue weighted by Gasteiger charge is 2.31. The van der Waals surface area contributed by atoms with Crippen molar-refractivity contribution in [1.82, 2.24) is 19.6 Å². The van der Waals surface area contributed by atoms with Crippen molar-refractivity contribution < 1.29 is 29.0 Å². The van der Waals surface area contributed by atoms with E-state index in [-0.39, 0.29) is 24.8 Å². The molecular formula is C27H50N4O6. The van der Waals surface area contributed by atoms with Crippen LogP contribution in [0, 0.1) is 0 Å². The molecule has 37 heavy (non-hydrogen) atoms. The van der Waals surface area contributed by atoms with Crippen LogP contribution in [0.2, 0.25) is 0 Å². The molecule has 2 fully saturated rings. The van der Waals surface area contributed by atoms with Crippen LogP contribution in [0.15, 0.2) is 0 Å². The molecule has 0 aromatic carbocycles. The summed E-state index contributed by atoms with van der Waals surface area (Å²) in [6.07, 6.45) is 1.99. The summed E-state index contributed by atoms with van der Waals surface area (Å²) in [5.74, 6) is -1.42. The first kappa shape index (κ1) is 31.5. The first-order chi connectivity index (χ1) is 17.2. The largest absolute Gasteiger partial charge is 0.481 e. The quantitative estimate of drug-likeness (QED) is 0.495. The van der Waals surface area contributed by atoms with Gasteiger partial charge >= 0.3 is 17.9 Å². The fourth-order valence-corrected chi connectivity index (χ4v) is 4.85. The van der Waals surface area contributed by atoms with E-state index in [2.05, 4.69) is 19.6 Å².